The molecule has 2 heterocycles. The van der Waals surface area contributed by atoms with E-state index in [0.29, 0.717) is 18.9 Å². The first kappa shape index (κ1) is 16.7. The highest BCUT2D eigenvalue weighted by atomic mass is 16.5. The fourth-order valence-electron chi connectivity index (χ4n) is 2.78. The summed E-state index contributed by atoms with van der Waals surface area (Å²) in [5, 5.41) is 6.89. The maximum absolute atomic E-state index is 12.2. The number of nitrogens with one attached hydrogen (secondary N) is 1. The van der Waals surface area contributed by atoms with Gasteiger partial charge in [0.1, 0.15) is 5.69 Å². The minimum atomic E-state index is -0.177. The largest absolute Gasteiger partial charge is 0.376 e. The molecule has 0 bridgehead atoms. The van der Waals surface area contributed by atoms with E-state index in [1.807, 2.05) is 24.3 Å². The molecule has 1 N–H and O–H groups in total. The molecule has 0 spiro atoms. The number of carbonyl (C=O) groups excluding carboxylic acids is 1. The van der Waals surface area contributed by atoms with Gasteiger partial charge in [0.25, 0.3) is 5.91 Å². The van der Waals surface area contributed by atoms with Crippen LogP contribution in [-0.2, 0) is 23.1 Å². The number of nitrogens with zero attached hydrogens (tertiary/aromatic N) is 2. The maximum atomic E-state index is 12.2. The van der Waals surface area contributed by atoms with Gasteiger partial charge in [-0.25, -0.2) is 0 Å². The summed E-state index contributed by atoms with van der Waals surface area (Å²) in [6.07, 6.45) is 5.25. The monoisotopic (exact) mass is 329 g/mol. The molecule has 0 unspecified atom stereocenters. The van der Waals surface area contributed by atoms with Crippen molar-refractivity contribution in [3.63, 3.8) is 0 Å². The number of aromatic nitrogens is 2. The summed E-state index contributed by atoms with van der Waals surface area (Å²) in [7, 11) is 1.74. The van der Waals surface area contributed by atoms with Crippen LogP contribution in [0.15, 0.2) is 36.5 Å². The molecule has 2 aromatic rings. The first-order valence-electron chi connectivity index (χ1n) is 8.30. The molecular formula is C18H23N3O3. The highest BCUT2D eigenvalue weighted by Gasteiger charge is 2.14. The smallest absolute Gasteiger partial charge is 0.273 e. The first-order chi connectivity index (χ1) is 11.7. The van der Waals surface area contributed by atoms with Crippen molar-refractivity contribution in [2.24, 2.45) is 7.05 Å². The molecular weight excluding hydrogens is 306 g/mol. The molecule has 24 heavy (non-hydrogen) atoms. The predicted octanol–water partition coefficient (Wildman–Crippen LogP) is 2.76. The Kier molecular flexibility index (Phi) is 5.61. The SMILES string of the molecule is Cn1nccc1C(=O)Nc1cccc(COC[C@H]2CCCCO2)c1. The normalized spacial score (nSPS) is 17.6. The molecule has 1 aliphatic rings. The lowest BCUT2D eigenvalue weighted by molar-refractivity contribution is -0.0447. The molecule has 1 saturated heterocycles. The molecule has 1 aromatic carbocycles. The second-order valence-electron chi connectivity index (χ2n) is 6.00. The summed E-state index contributed by atoms with van der Waals surface area (Å²) in [5.74, 6) is -0.177. The molecule has 0 radical (unpaired) electrons. The second-order valence-corrected chi connectivity index (χ2v) is 6.00. The number of hydrogen-bond donors (Lipinski definition) is 1. The predicted molar refractivity (Wildman–Crippen MR) is 90.9 cm³/mol. The lowest BCUT2D eigenvalue weighted by Gasteiger charge is -2.22. The van der Waals surface area contributed by atoms with Crippen molar-refractivity contribution >= 4 is 11.6 Å². The van der Waals surface area contributed by atoms with E-state index < -0.39 is 0 Å². The van der Waals surface area contributed by atoms with E-state index in [1.165, 1.54) is 6.42 Å². The van der Waals surface area contributed by atoms with Gasteiger partial charge in [-0.1, -0.05) is 12.1 Å². The molecule has 3 rings (SSSR count). The fourth-order valence-corrected chi connectivity index (χ4v) is 2.78. The van der Waals surface area contributed by atoms with Crippen LogP contribution in [0.25, 0.3) is 0 Å². The van der Waals surface area contributed by atoms with Crippen molar-refractivity contribution < 1.29 is 14.3 Å². The maximum Gasteiger partial charge on any atom is 0.273 e. The molecule has 6 heteroatoms. The van der Waals surface area contributed by atoms with Crippen LogP contribution >= 0.6 is 0 Å². The molecule has 0 saturated carbocycles. The van der Waals surface area contributed by atoms with E-state index >= 15 is 0 Å². The standard InChI is InChI=1S/C18H23N3O3/c1-21-17(8-9-19-21)18(22)20-15-6-4-5-14(11-15)12-23-13-16-7-2-3-10-24-16/h4-6,8-9,11,16H,2-3,7,10,12-13H2,1H3,(H,20,22)/t16-/m1/s1. The quantitative estimate of drug-likeness (QED) is 0.885. The third-order valence-electron chi connectivity index (χ3n) is 4.08. The number of ether oxygens (including phenoxy) is 2. The molecule has 1 fully saturated rings. The second kappa shape index (κ2) is 8.08. The molecule has 1 amide bonds. The third-order valence-corrected chi connectivity index (χ3v) is 4.08. The van der Waals surface area contributed by atoms with Gasteiger partial charge in [-0.2, -0.15) is 5.10 Å². The Morgan fingerprint density at radius 3 is 3.08 bits per heavy atom. The number of amides is 1. The number of hydrogen-bond acceptors (Lipinski definition) is 4. The zero-order chi connectivity index (χ0) is 16.8. The summed E-state index contributed by atoms with van der Waals surface area (Å²) < 4.78 is 13.0. The van der Waals surface area contributed by atoms with Crippen molar-refractivity contribution in [2.75, 3.05) is 18.5 Å². The number of aryl methyl sites for hydroxylation is 1. The van der Waals surface area contributed by atoms with E-state index in [1.54, 1.807) is 24.0 Å². The summed E-state index contributed by atoms with van der Waals surface area (Å²) in [5.41, 5.74) is 2.29. The Morgan fingerprint density at radius 1 is 1.42 bits per heavy atom. The lowest BCUT2D eigenvalue weighted by atomic mass is 10.1. The number of anilines is 1. The Balaban J connectivity index is 1.52. The van der Waals surface area contributed by atoms with Crippen LogP contribution in [0.2, 0.25) is 0 Å². The number of benzene rings is 1. The molecule has 0 aliphatic carbocycles. The van der Waals surface area contributed by atoms with Gasteiger partial charge in [0, 0.05) is 25.5 Å². The van der Waals surface area contributed by atoms with Crippen molar-refractivity contribution in [1.29, 1.82) is 0 Å². The number of rotatable bonds is 6. The van der Waals surface area contributed by atoms with Crippen molar-refractivity contribution in [3.8, 4) is 0 Å². The minimum absolute atomic E-state index is 0.177. The average Bonchev–Trinajstić information content (AvgIpc) is 3.02. The minimum Gasteiger partial charge on any atom is -0.376 e. The Labute approximate surface area is 141 Å². The van der Waals surface area contributed by atoms with Gasteiger partial charge < -0.3 is 14.8 Å². The zero-order valence-electron chi connectivity index (χ0n) is 13.9. The molecule has 128 valence electrons. The molecule has 1 atom stereocenters. The fraction of sp³-hybridized carbons (Fsp3) is 0.444. The highest BCUT2D eigenvalue weighted by Crippen LogP contribution is 2.16. The van der Waals surface area contributed by atoms with Gasteiger partial charge in [0.2, 0.25) is 0 Å². The van der Waals surface area contributed by atoms with E-state index in [9.17, 15) is 4.79 Å². The summed E-state index contributed by atoms with van der Waals surface area (Å²) in [6.45, 7) is 1.96. The van der Waals surface area contributed by atoms with E-state index in [-0.39, 0.29) is 12.0 Å². The summed E-state index contributed by atoms with van der Waals surface area (Å²) in [4.78, 5) is 12.2. The molecule has 1 aromatic heterocycles. The van der Waals surface area contributed by atoms with Gasteiger partial charge in [0.15, 0.2) is 0 Å². The van der Waals surface area contributed by atoms with Gasteiger partial charge >= 0.3 is 0 Å². The Morgan fingerprint density at radius 2 is 2.33 bits per heavy atom. The van der Waals surface area contributed by atoms with Crippen LogP contribution in [0.4, 0.5) is 5.69 Å². The zero-order valence-corrected chi connectivity index (χ0v) is 13.9. The van der Waals surface area contributed by atoms with Gasteiger partial charge in [-0.05, 0) is 43.0 Å². The van der Waals surface area contributed by atoms with Crippen LogP contribution in [0.5, 0.6) is 0 Å². The van der Waals surface area contributed by atoms with Gasteiger partial charge in [0.05, 0.1) is 19.3 Å². The summed E-state index contributed by atoms with van der Waals surface area (Å²) >= 11 is 0. The Bertz CT molecular complexity index is 678. The van der Waals surface area contributed by atoms with E-state index in [0.717, 1.165) is 30.7 Å². The lowest BCUT2D eigenvalue weighted by Crippen LogP contribution is -2.24. The summed E-state index contributed by atoms with van der Waals surface area (Å²) in [6, 6.07) is 9.38. The first-order valence-corrected chi connectivity index (χ1v) is 8.30. The van der Waals surface area contributed by atoms with Crippen molar-refractivity contribution in [3.05, 3.63) is 47.8 Å². The third kappa shape index (κ3) is 4.43. The topological polar surface area (TPSA) is 65.4 Å². The van der Waals surface area contributed by atoms with E-state index in [4.69, 9.17) is 9.47 Å². The number of carbonyl (C=O) groups is 1. The van der Waals surface area contributed by atoms with Gasteiger partial charge in [-0.3, -0.25) is 9.48 Å². The van der Waals surface area contributed by atoms with Crippen LogP contribution in [0, 0.1) is 0 Å². The van der Waals surface area contributed by atoms with Crippen molar-refractivity contribution in [2.45, 2.75) is 32.0 Å². The van der Waals surface area contributed by atoms with E-state index in [2.05, 4.69) is 10.4 Å². The van der Waals surface area contributed by atoms with Crippen LogP contribution in [0.3, 0.4) is 0 Å². The highest BCUT2D eigenvalue weighted by molar-refractivity contribution is 6.03. The Hall–Kier alpha value is -2.18. The average molecular weight is 329 g/mol. The van der Waals surface area contributed by atoms with Gasteiger partial charge in [-0.15, -0.1) is 0 Å². The molecule has 1 aliphatic heterocycles. The molecule has 6 nitrogen and oxygen atoms in total. The van der Waals surface area contributed by atoms with Crippen LogP contribution < -0.4 is 5.32 Å². The van der Waals surface area contributed by atoms with Crippen LogP contribution in [-0.4, -0.2) is 35.0 Å². The van der Waals surface area contributed by atoms with Crippen LogP contribution in [0.1, 0.15) is 35.3 Å². The van der Waals surface area contributed by atoms with Crippen molar-refractivity contribution in [1.82, 2.24) is 9.78 Å².